The van der Waals surface area contributed by atoms with Crippen LogP contribution in [-0.2, 0) is 27.2 Å². The minimum Gasteiger partial charge on any atom is -0.465 e. The zero-order chi connectivity index (χ0) is 18.1. The molecule has 1 aromatic rings. The molecule has 0 spiro atoms. The maximum atomic E-state index is 12.3. The van der Waals surface area contributed by atoms with Crippen molar-refractivity contribution in [2.24, 2.45) is 16.6 Å². The Morgan fingerprint density at radius 2 is 2.20 bits per heavy atom. The lowest BCUT2D eigenvalue weighted by Gasteiger charge is -2.18. The Labute approximate surface area is 153 Å². The fourth-order valence-corrected chi connectivity index (χ4v) is 5.27. The lowest BCUT2D eigenvalue weighted by molar-refractivity contribution is -0.121. The number of nitrogens with zero attached hydrogens (tertiary/aromatic N) is 1. The molecule has 3 rings (SSSR count). The number of anilines is 1. The molecule has 1 aliphatic carbocycles. The molecule has 2 aliphatic rings. The van der Waals surface area contributed by atoms with E-state index >= 15 is 0 Å². The highest BCUT2D eigenvalue weighted by Crippen LogP contribution is 2.40. The summed E-state index contributed by atoms with van der Waals surface area (Å²) in [5, 5.41) is 2.86. The number of hydrogen-bond donors (Lipinski definition) is 2. The first-order chi connectivity index (χ1) is 11.9. The maximum absolute atomic E-state index is 12.3. The van der Waals surface area contributed by atoms with Gasteiger partial charge in [-0.15, -0.1) is 11.3 Å². The van der Waals surface area contributed by atoms with Gasteiger partial charge in [0.15, 0.2) is 5.17 Å². The van der Waals surface area contributed by atoms with E-state index in [1.807, 2.05) is 0 Å². The second-order valence-corrected chi connectivity index (χ2v) is 8.52. The van der Waals surface area contributed by atoms with Gasteiger partial charge in [0.05, 0.1) is 12.7 Å². The minimum absolute atomic E-state index is 0.0344. The van der Waals surface area contributed by atoms with E-state index < -0.39 is 17.1 Å². The van der Waals surface area contributed by atoms with Crippen molar-refractivity contribution in [2.75, 3.05) is 12.4 Å². The quantitative estimate of drug-likeness (QED) is 0.771. The number of ether oxygens (including phenoxy) is 1. The molecule has 0 unspecified atom stereocenters. The lowest BCUT2D eigenvalue weighted by Crippen LogP contribution is -2.22. The van der Waals surface area contributed by atoms with E-state index in [4.69, 9.17) is 10.5 Å². The number of rotatable bonds is 4. The number of amides is 2. The number of aliphatic imine (C=N–C) groups is 1. The third-order valence-electron chi connectivity index (χ3n) is 4.28. The molecule has 0 radical (unpaired) electrons. The number of amidine groups is 1. The number of nitrogens with two attached hydrogens (primary N) is 1. The fourth-order valence-electron chi connectivity index (χ4n) is 3.03. The van der Waals surface area contributed by atoms with Crippen molar-refractivity contribution in [1.82, 2.24) is 0 Å². The minimum atomic E-state index is -0.601. The summed E-state index contributed by atoms with van der Waals surface area (Å²) in [6.45, 7) is 2.17. The first-order valence-corrected chi connectivity index (χ1v) is 9.66. The Hall–Kier alpha value is -1.87. The molecule has 7 nitrogen and oxygen atoms in total. The van der Waals surface area contributed by atoms with Gasteiger partial charge in [0.1, 0.15) is 10.3 Å². The SMILES string of the molecule is COC(=O)c1c(NC(=O)C[C@H]2SC(N)=NC2=O)sc2c1CC[C@H](C)C2. The summed E-state index contributed by atoms with van der Waals surface area (Å²) < 4.78 is 4.90. The van der Waals surface area contributed by atoms with Gasteiger partial charge < -0.3 is 15.8 Å². The second-order valence-electron chi connectivity index (χ2n) is 6.19. The van der Waals surface area contributed by atoms with Gasteiger partial charge >= 0.3 is 5.97 Å². The molecule has 1 aromatic heterocycles. The summed E-state index contributed by atoms with van der Waals surface area (Å²) in [4.78, 5) is 40.9. The Bertz CT molecular complexity index is 772. The first kappa shape index (κ1) is 17.9. The van der Waals surface area contributed by atoms with E-state index in [2.05, 4.69) is 17.2 Å². The molecule has 0 fully saturated rings. The molecule has 0 saturated carbocycles. The normalized spacial score (nSPS) is 22.3. The summed E-state index contributed by atoms with van der Waals surface area (Å²) in [7, 11) is 1.33. The fraction of sp³-hybridized carbons (Fsp3) is 0.500. The summed E-state index contributed by atoms with van der Waals surface area (Å²) in [6.07, 6.45) is 2.66. The molecule has 134 valence electrons. The van der Waals surface area contributed by atoms with Gasteiger partial charge in [-0.25, -0.2) is 4.79 Å². The smallest absolute Gasteiger partial charge is 0.341 e. The van der Waals surface area contributed by atoms with Crippen LogP contribution in [0.1, 0.15) is 40.6 Å². The van der Waals surface area contributed by atoms with Crippen LogP contribution in [0.5, 0.6) is 0 Å². The standard InChI is InChI=1S/C16H19N3O4S2/c1-7-3-4-8-9(5-7)24-14(12(8)15(22)23-2)18-11(20)6-10-13(21)19-16(17)25-10/h7,10H,3-6H2,1-2H3,(H,18,20)(H2,17,19,21)/t7-,10+/m0/s1. The van der Waals surface area contributed by atoms with Gasteiger partial charge in [-0.3, -0.25) is 9.59 Å². The van der Waals surface area contributed by atoms with Crippen molar-refractivity contribution in [1.29, 1.82) is 0 Å². The molecule has 0 bridgehead atoms. The molecule has 3 N–H and O–H groups in total. The Morgan fingerprint density at radius 1 is 1.44 bits per heavy atom. The van der Waals surface area contributed by atoms with Crippen LogP contribution in [0.2, 0.25) is 0 Å². The monoisotopic (exact) mass is 381 g/mol. The van der Waals surface area contributed by atoms with Crippen LogP contribution in [0.4, 0.5) is 5.00 Å². The topological polar surface area (TPSA) is 111 Å². The zero-order valence-corrected chi connectivity index (χ0v) is 15.6. The van der Waals surface area contributed by atoms with Gasteiger partial charge in [-0.05, 0) is 30.7 Å². The Balaban J connectivity index is 1.78. The number of carbonyl (C=O) groups is 3. The van der Waals surface area contributed by atoms with Gasteiger partial charge in [0.25, 0.3) is 5.91 Å². The highest BCUT2D eigenvalue weighted by molar-refractivity contribution is 8.15. The van der Waals surface area contributed by atoms with Crippen LogP contribution in [0.25, 0.3) is 0 Å². The molecule has 2 heterocycles. The van der Waals surface area contributed by atoms with Crippen LogP contribution in [0.15, 0.2) is 4.99 Å². The van der Waals surface area contributed by atoms with Gasteiger partial charge in [-0.2, -0.15) is 4.99 Å². The van der Waals surface area contributed by atoms with Gasteiger partial charge in [0.2, 0.25) is 5.91 Å². The number of thioether (sulfide) groups is 1. The van der Waals surface area contributed by atoms with Crippen molar-refractivity contribution in [3.05, 3.63) is 16.0 Å². The van der Waals surface area contributed by atoms with Crippen molar-refractivity contribution < 1.29 is 19.1 Å². The van der Waals surface area contributed by atoms with E-state index in [1.54, 1.807) is 0 Å². The van der Waals surface area contributed by atoms with Crippen molar-refractivity contribution >= 4 is 51.1 Å². The lowest BCUT2D eigenvalue weighted by atomic mass is 9.88. The average molecular weight is 381 g/mol. The maximum Gasteiger partial charge on any atom is 0.341 e. The van der Waals surface area contributed by atoms with E-state index in [0.29, 0.717) is 16.5 Å². The summed E-state index contributed by atoms with van der Waals surface area (Å²) >= 11 is 2.50. The Morgan fingerprint density at radius 3 is 2.84 bits per heavy atom. The average Bonchev–Trinajstić information content (AvgIpc) is 3.05. The van der Waals surface area contributed by atoms with Crippen molar-refractivity contribution in [3.8, 4) is 0 Å². The molecule has 0 aromatic carbocycles. The van der Waals surface area contributed by atoms with Crippen LogP contribution in [0.3, 0.4) is 0 Å². The number of esters is 1. The summed E-state index contributed by atoms with van der Waals surface area (Å²) in [5.74, 6) is -0.633. The van der Waals surface area contributed by atoms with Crippen molar-refractivity contribution in [2.45, 2.75) is 37.9 Å². The van der Waals surface area contributed by atoms with Crippen LogP contribution in [0, 0.1) is 5.92 Å². The van der Waals surface area contributed by atoms with Crippen LogP contribution < -0.4 is 11.1 Å². The summed E-state index contributed by atoms with van der Waals surface area (Å²) in [5.41, 5.74) is 6.93. The molecular formula is C16H19N3O4S2. The zero-order valence-electron chi connectivity index (χ0n) is 14.0. The van der Waals surface area contributed by atoms with E-state index in [0.717, 1.165) is 41.5 Å². The largest absolute Gasteiger partial charge is 0.465 e. The second kappa shape index (κ2) is 7.17. The number of hydrogen-bond acceptors (Lipinski definition) is 7. The number of fused-ring (bicyclic) bond motifs is 1. The highest BCUT2D eigenvalue weighted by atomic mass is 32.2. The molecule has 2 amide bonds. The molecular weight excluding hydrogens is 362 g/mol. The van der Waals surface area contributed by atoms with E-state index in [-0.39, 0.29) is 17.5 Å². The van der Waals surface area contributed by atoms with E-state index in [9.17, 15) is 14.4 Å². The van der Waals surface area contributed by atoms with Crippen LogP contribution in [-0.4, -0.2) is 35.3 Å². The number of thiophene rings is 1. The van der Waals surface area contributed by atoms with Crippen molar-refractivity contribution in [3.63, 3.8) is 0 Å². The highest BCUT2D eigenvalue weighted by Gasteiger charge is 2.32. The third kappa shape index (κ3) is 3.72. The molecule has 9 heteroatoms. The number of methoxy groups -OCH3 is 1. The predicted octanol–water partition coefficient (Wildman–Crippen LogP) is 1.94. The molecule has 0 saturated heterocycles. The number of nitrogens with one attached hydrogen (secondary N) is 1. The molecule has 2 atom stereocenters. The van der Waals surface area contributed by atoms with Crippen LogP contribution >= 0.6 is 23.1 Å². The molecule has 1 aliphatic heterocycles. The summed E-state index contributed by atoms with van der Waals surface area (Å²) in [6, 6.07) is 0. The Kier molecular flexibility index (Phi) is 5.14. The van der Waals surface area contributed by atoms with E-state index in [1.165, 1.54) is 18.4 Å². The number of carbonyl (C=O) groups excluding carboxylic acids is 3. The first-order valence-electron chi connectivity index (χ1n) is 7.96. The van der Waals surface area contributed by atoms with Gasteiger partial charge in [0, 0.05) is 11.3 Å². The predicted molar refractivity (Wildman–Crippen MR) is 98.1 cm³/mol. The van der Waals surface area contributed by atoms with Gasteiger partial charge in [-0.1, -0.05) is 18.7 Å². The third-order valence-corrected chi connectivity index (χ3v) is 6.44. The molecule has 25 heavy (non-hydrogen) atoms.